The number of aryl methyl sites for hydroxylation is 3. The summed E-state index contributed by atoms with van der Waals surface area (Å²) < 4.78 is 27.7. The number of rotatable bonds is 8. The fourth-order valence-corrected chi connectivity index (χ4v) is 8.14. The number of anilines is 1. The highest BCUT2D eigenvalue weighted by atomic mass is 32.2. The first-order chi connectivity index (χ1) is 17.9. The quantitative estimate of drug-likeness (QED) is 0.365. The summed E-state index contributed by atoms with van der Waals surface area (Å²) in [6.45, 7) is 9.43. The van der Waals surface area contributed by atoms with Gasteiger partial charge in [0.15, 0.2) is 9.34 Å². The minimum Gasteiger partial charge on any atom is -0.465 e. The van der Waals surface area contributed by atoms with E-state index in [0.29, 0.717) is 25.3 Å². The molecule has 2 amide bonds. The number of thiazole rings is 2. The molecule has 204 valence electrons. The SMILES string of the molecule is Cc1nc(C)c(-c2ccnc(C(=O)N[C@@H](C)CN3CCN(S(=O)(=O)c4sc(NC(=O)O)nc4C)CC3)c2)s1. The highest BCUT2D eigenvalue weighted by Crippen LogP contribution is 2.31. The van der Waals surface area contributed by atoms with E-state index in [4.69, 9.17) is 5.11 Å². The van der Waals surface area contributed by atoms with Gasteiger partial charge >= 0.3 is 6.09 Å². The van der Waals surface area contributed by atoms with E-state index in [2.05, 4.69) is 30.5 Å². The van der Waals surface area contributed by atoms with Crippen LogP contribution >= 0.6 is 22.7 Å². The number of carbonyl (C=O) groups is 2. The third-order valence-corrected chi connectivity index (χ3v) is 10.6. The summed E-state index contributed by atoms with van der Waals surface area (Å²) >= 11 is 2.38. The van der Waals surface area contributed by atoms with Crippen LogP contribution in [0.4, 0.5) is 9.93 Å². The maximum Gasteiger partial charge on any atom is 0.410 e. The fourth-order valence-electron chi connectivity index (χ4n) is 4.26. The summed E-state index contributed by atoms with van der Waals surface area (Å²) in [5.74, 6) is -0.272. The molecular weight excluding hydrogens is 550 g/mol. The second-order valence-corrected chi connectivity index (χ2v) is 13.3. The van der Waals surface area contributed by atoms with Gasteiger partial charge in [-0.2, -0.15) is 4.31 Å². The third kappa shape index (κ3) is 6.35. The zero-order chi connectivity index (χ0) is 27.6. The van der Waals surface area contributed by atoms with Crippen LogP contribution in [0.2, 0.25) is 0 Å². The number of nitrogens with one attached hydrogen (secondary N) is 2. The van der Waals surface area contributed by atoms with Crippen molar-refractivity contribution in [2.45, 2.75) is 37.9 Å². The number of aromatic nitrogens is 3. The molecule has 3 aromatic rings. The third-order valence-electron chi connectivity index (χ3n) is 5.94. The highest BCUT2D eigenvalue weighted by Gasteiger charge is 2.32. The number of carbonyl (C=O) groups excluding carboxylic acids is 1. The Kier molecular flexibility index (Phi) is 8.42. The van der Waals surface area contributed by atoms with Crippen LogP contribution in [-0.4, -0.2) is 88.4 Å². The van der Waals surface area contributed by atoms with Crippen molar-refractivity contribution >= 4 is 49.8 Å². The lowest BCUT2D eigenvalue weighted by Crippen LogP contribution is -2.52. The Balaban J connectivity index is 1.32. The van der Waals surface area contributed by atoms with Crippen molar-refractivity contribution in [2.75, 3.05) is 38.0 Å². The fraction of sp³-hybridized carbons (Fsp3) is 0.435. The van der Waals surface area contributed by atoms with Gasteiger partial charge in [-0.3, -0.25) is 20.0 Å². The molecule has 3 aromatic heterocycles. The van der Waals surface area contributed by atoms with Crippen LogP contribution in [-0.2, 0) is 10.0 Å². The van der Waals surface area contributed by atoms with Gasteiger partial charge in [0.25, 0.3) is 15.9 Å². The van der Waals surface area contributed by atoms with Gasteiger partial charge < -0.3 is 10.4 Å². The van der Waals surface area contributed by atoms with E-state index < -0.39 is 16.1 Å². The molecule has 38 heavy (non-hydrogen) atoms. The molecule has 1 fully saturated rings. The number of piperazine rings is 1. The lowest BCUT2D eigenvalue weighted by Gasteiger charge is -2.35. The van der Waals surface area contributed by atoms with Crippen LogP contribution in [0.25, 0.3) is 10.4 Å². The molecule has 1 aliphatic heterocycles. The van der Waals surface area contributed by atoms with E-state index in [0.717, 1.165) is 32.5 Å². The van der Waals surface area contributed by atoms with Crippen LogP contribution in [0.15, 0.2) is 22.5 Å². The molecule has 0 saturated carbocycles. The average molecular weight is 580 g/mol. The minimum absolute atomic E-state index is 0.0223. The Bertz CT molecular complexity index is 1450. The first kappa shape index (κ1) is 28.0. The first-order valence-corrected chi connectivity index (χ1v) is 14.9. The van der Waals surface area contributed by atoms with Gasteiger partial charge in [-0.1, -0.05) is 11.3 Å². The molecule has 4 rings (SSSR count). The highest BCUT2D eigenvalue weighted by molar-refractivity contribution is 7.91. The molecule has 0 unspecified atom stereocenters. The van der Waals surface area contributed by atoms with E-state index in [9.17, 15) is 18.0 Å². The number of hydrogen-bond donors (Lipinski definition) is 3. The van der Waals surface area contributed by atoms with Crippen LogP contribution in [0.3, 0.4) is 0 Å². The van der Waals surface area contributed by atoms with E-state index >= 15 is 0 Å². The molecule has 0 spiro atoms. The van der Waals surface area contributed by atoms with Gasteiger partial charge in [0.1, 0.15) is 5.69 Å². The van der Waals surface area contributed by atoms with Crippen molar-refractivity contribution in [3.63, 3.8) is 0 Å². The molecule has 0 radical (unpaired) electrons. The maximum atomic E-state index is 13.1. The number of nitrogens with zero attached hydrogens (tertiary/aromatic N) is 5. The Morgan fingerprint density at radius 2 is 1.82 bits per heavy atom. The van der Waals surface area contributed by atoms with Crippen LogP contribution in [0.5, 0.6) is 0 Å². The molecule has 15 heteroatoms. The number of sulfonamides is 1. The summed E-state index contributed by atoms with van der Waals surface area (Å²) in [5.41, 5.74) is 2.41. The molecule has 1 saturated heterocycles. The molecule has 1 aliphatic rings. The van der Waals surface area contributed by atoms with E-state index in [1.165, 1.54) is 4.31 Å². The summed E-state index contributed by atoms with van der Waals surface area (Å²) in [7, 11) is -3.80. The van der Waals surface area contributed by atoms with Gasteiger partial charge in [0.05, 0.1) is 21.3 Å². The topological polar surface area (TPSA) is 158 Å². The first-order valence-electron chi connectivity index (χ1n) is 11.8. The van der Waals surface area contributed by atoms with Crippen LogP contribution < -0.4 is 10.6 Å². The second kappa shape index (κ2) is 11.4. The van der Waals surface area contributed by atoms with Crippen molar-refractivity contribution in [2.24, 2.45) is 0 Å². The molecule has 3 N–H and O–H groups in total. The van der Waals surface area contributed by atoms with Gasteiger partial charge in [0, 0.05) is 45.0 Å². The Labute approximate surface area is 228 Å². The van der Waals surface area contributed by atoms with Crippen molar-refractivity contribution in [1.82, 2.24) is 29.5 Å². The predicted octanol–water partition coefficient (Wildman–Crippen LogP) is 2.80. The average Bonchev–Trinajstić information content (AvgIpc) is 3.39. The van der Waals surface area contributed by atoms with Gasteiger partial charge in [-0.25, -0.2) is 23.2 Å². The molecular formula is C23H29N7O5S3. The largest absolute Gasteiger partial charge is 0.465 e. The van der Waals surface area contributed by atoms with Crippen LogP contribution in [0, 0.1) is 20.8 Å². The molecule has 0 aliphatic carbocycles. The van der Waals surface area contributed by atoms with Crippen molar-refractivity contribution in [3.8, 4) is 10.4 Å². The summed E-state index contributed by atoms with van der Waals surface area (Å²) in [6, 6.07) is 3.45. The maximum absolute atomic E-state index is 13.1. The number of hydrogen-bond acceptors (Lipinski definition) is 10. The molecule has 4 heterocycles. The van der Waals surface area contributed by atoms with Gasteiger partial charge in [-0.05, 0) is 45.4 Å². The zero-order valence-electron chi connectivity index (χ0n) is 21.4. The van der Waals surface area contributed by atoms with Crippen molar-refractivity contribution in [3.05, 3.63) is 40.4 Å². The Morgan fingerprint density at radius 1 is 1.11 bits per heavy atom. The van der Waals surface area contributed by atoms with Crippen LogP contribution in [0.1, 0.15) is 33.8 Å². The molecule has 0 aromatic carbocycles. The standard InChI is InChI=1S/C23H29N7O5S3/c1-13(25-20(31)18-11-17(5-6-24-18)19-14(2)26-16(4)36-19)12-29-7-9-30(10-8-29)38(34,35)21-15(3)27-22(37-21)28-23(32)33/h5-6,11,13H,7-10,12H2,1-4H3,(H,25,31)(H,27,28)(H,32,33)/t13-/m0/s1. The van der Waals surface area contributed by atoms with Gasteiger partial charge in [-0.15, -0.1) is 11.3 Å². The monoisotopic (exact) mass is 579 g/mol. The summed E-state index contributed by atoms with van der Waals surface area (Å²) in [5, 5.41) is 14.9. The van der Waals surface area contributed by atoms with Crippen molar-refractivity contribution < 1.29 is 23.1 Å². The Morgan fingerprint density at radius 3 is 2.45 bits per heavy atom. The van der Waals surface area contributed by atoms with E-state index in [-0.39, 0.29) is 40.1 Å². The van der Waals surface area contributed by atoms with Gasteiger partial charge in [0.2, 0.25) is 0 Å². The lowest BCUT2D eigenvalue weighted by atomic mass is 10.1. The zero-order valence-corrected chi connectivity index (χ0v) is 23.8. The number of amides is 2. The number of carboxylic acid groups (broad SMARTS) is 1. The number of pyridine rings is 1. The summed E-state index contributed by atoms with van der Waals surface area (Å²) in [4.78, 5) is 39.5. The lowest BCUT2D eigenvalue weighted by molar-refractivity contribution is 0.0917. The molecule has 1 atom stereocenters. The summed E-state index contributed by atoms with van der Waals surface area (Å²) in [6.07, 6.45) is 0.320. The molecule has 0 bridgehead atoms. The van der Waals surface area contributed by atoms with E-state index in [1.54, 1.807) is 30.5 Å². The normalized spacial score (nSPS) is 15.8. The van der Waals surface area contributed by atoms with E-state index in [1.807, 2.05) is 26.8 Å². The van der Waals surface area contributed by atoms with Crippen molar-refractivity contribution in [1.29, 1.82) is 0 Å². The molecule has 12 nitrogen and oxygen atoms in total. The minimum atomic E-state index is -3.80. The Hall–Kier alpha value is -2.98. The predicted molar refractivity (Wildman–Crippen MR) is 145 cm³/mol. The smallest absolute Gasteiger partial charge is 0.410 e. The second-order valence-electron chi connectivity index (χ2n) is 8.98.